The predicted molar refractivity (Wildman–Crippen MR) is 179 cm³/mol. The second kappa shape index (κ2) is 19.6. The first-order valence-electron chi connectivity index (χ1n) is 16.3. The van der Waals surface area contributed by atoms with Gasteiger partial charge >= 0.3 is 6.03 Å². The number of ether oxygens (including phenoxy) is 2. The molecule has 2 aromatic rings. The van der Waals surface area contributed by atoms with E-state index in [9.17, 15) is 22.8 Å². The van der Waals surface area contributed by atoms with Gasteiger partial charge in [0, 0.05) is 43.1 Å². The van der Waals surface area contributed by atoms with Gasteiger partial charge in [-0.3, -0.25) is 14.3 Å². The number of rotatable bonds is 23. The number of carbonyl (C=O) groups is 3. The van der Waals surface area contributed by atoms with E-state index in [4.69, 9.17) is 9.47 Å². The van der Waals surface area contributed by atoms with E-state index in [0.717, 1.165) is 36.3 Å². The molecule has 0 aliphatic carbocycles. The zero-order chi connectivity index (χ0) is 34.2. The van der Waals surface area contributed by atoms with Gasteiger partial charge in [-0.05, 0) is 50.4 Å². The molecule has 266 valence electrons. The van der Waals surface area contributed by atoms with Gasteiger partial charge in [0.15, 0.2) is 0 Å². The van der Waals surface area contributed by atoms with Gasteiger partial charge in [-0.2, -0.15) is 11.8 Å². The first kappa shape index (κ1) is 37.5. The molecule has 18 heteroatoms. The van der Waals surface area contributed by atoms with Gasteiger partial charge < -0.3 is 30.7 Å². The minimum Gasteiger partial charge on any atom is -0.379 e. The Morgan fingerprint density at radius 1 is 0.979 bits per heavy atom. The highest BCUT2D eigenvalue weighted by Crippen LogP contribution is 2.33. The largest absolute Gasteiger partial charge is 0.379 e. The summed E-state index contributed by atoms with van der Waals surface area (Å²) in [6, 6.07) is 7.03. The fourth-order valence-electron chi connectivity index (χ4n) is 5.37. The lowest BCUT2D eigenvalue weighted by atomic mass is 10.0. The minimum atomic E-state index is -3.57. The molecule has 4 amide bonds. The molecular weight excluding hydrogens is 663 g/mol. The van der Waals surface area contributed by atoms with Crippen molar-refractivity contribution in [2.75, 3.05) is 52.3 Å². The van der Waals surface area contributed by atoms with Gasteiger partial charge in [-0.25, -0.2) is 18.6 Å². The third-order valence-electron chi connectivity index (χ3n) is 7.88. The summed E-state index contributed by atoms with van der Waals surface area (Å²) in [5, 5.41) is 20.3. The maximum absolute atomic E-state index is 12.1. The van der Waals surface area contributed by atoms with Crippen LogP contribution in [0, 0.1) is 0 Å². The number of hydrogen-bond acceptors (Lipinski definition) is 11. The first-order chi connectivity index (χ1) is 23.2. The molecule has 16 nitrogen and oxygen atoms in total. The quantitative estimate of drug-likeness (QED) is 0.0509. The molecule has 0 saturated carbocycles. The summed E-state index contributed by atoms with van der Waals surface area (Å²) in [6.07, 6.45) is 6.63. The number of nitrogens with zero attached hydrogens (tertiary/aromatic N) is 3. The topological polar surface area (TPSA) is 207 Å². The van der Waals surface area contributed by atoms with Crippen LogP contribution in [0.2, 0.25) is 0 Å². The van der Waals surface area contributed by atoms with Crippen LogP contribution < -0.4 is 31.5 Å². The van der Waals surface area contributed by atoms with E-state index in [1.165, 1.54) is 7.05 Å². The van der Waals surface area contributed by atoms with E-state index < -0.39 is 10.0 Å². The third kappa shape index (κ3) is 12.6. The highest BCUT2D eigenvalue weighted by Gasteiger charge is 2.42. The van der Waals surface area contributed by atoms with Crippen molar-refractivity contribution in [1.82, 2.24) is 46.5 Å². The Morgan fingerprint density at radius 3 is 2.52 bits per heavy atom. The Hall–Kier alpha value is -3.29. The number of urea groups is 1. The molecule has 1 aromatic carbocycles. The SMILES string of the molecule is CNNS(=O)(=O)c1ccc(CCc2cn(CCNC(=O)CCOCCOCCNC(=O)CCCC[C@@H]3SC[C@@H]4NC(=O)N[C@@H]43)nn2)cc1. The molecule has 2 aliphatic rings. The molecule has 3 atom stereocenters. The van der Waals surface area contributed by atoms with E-state index in [0.29, 0.717) is 64.0 Å². The van der Waals surface area contributed by atoms with Crippen LogP contribution in [-0.2, 0) is 48.5 Å². The van der Waals surface area contributed by atoms with Crippen LogP contribution in [0.5, 0.6) is 0 Å². The number of nitrogens with one attached hydrogen (secondary N) is 6. The van der Waals surface area contributed by atoms with E-state index in [-0.39, 0.29) is 47.9 Å². The maximum Gasteiger partial charge on any atom is 0.315 e. The highest BCUT2D eigenvalue weighted by molar-refractivity contribution is 8.00. The second-order valence-corrected chi connectivity index (χ2v) is 14.5. The van der Waals surface area contributed by atoms with E-state index in [1.807, 2.05) is 18.0 Å². The maximum atomic E-state index is 12.1. The molecule has 2 aliphatic heterocycles. The predicted octanol–water partition coefficient (Wildman–Crippen LogP) is -0.142. The summed E-state index contributed by atoms with van der Waals surface area (Å²) in [5.41, 5.74) is 4.20. The Morgan fingerprint density at radius 2 is 1.73 bits per heavy atom. The van der Waals surface area contributed by atoms with Gasteiger partial charge in [-0.15, -0.1) is 9.93 Å². The molecule has 48 heavy (non-hydrogen) atoms. The Bertz CT molecular complexity index is 1430. The van der Waals surface area contributed by atoms with Crippen molar-refractivity contribution in [2.45, 2.75) is 73.7 Å². The number of aryl methyl sites for hydroxylation is 2. The number of benzene rings is 1. The van der Waals surface area contributed by atoms with Crippen LogP contribution in [0.15, 0.2) is 35.4 Å². The average molecular weight is 710 g/mol. The normalized spacial score (nSPS) is 18.7. The molecular formula is C30H47N9O7S2. The van der Waals surface area contributed by atoms with Crippen LogP contribution in [0.3, 0.4) is 0 Å². The number of fused-ring (bicyclic) bond motifs is 1. The Labute approximate surface area is 285 Å². The number of carbonyl (C=O) groups excluding carboxylic acids is 3. The smallest absolute Gasteiger partial charge is 0.315 e. The van der Waals surface area contributed by atoms with E-state index >= 15 is 0 Å². The number of hydrogen-bond donors (Lipinski definition) is 6. The first-order valence-corrected chi connectivity index (χ1v) is 18.8. The molecule has 3 heterocycles. The number of thioether (sulfide) groups is 1. The molecule has 0 radical (unpaired) electrons. The highest BCUT2D eigenvalue weighted by atomic mass is 32.2. The van der Waals surface area contributed by atoms with Crippen LogP contribution in [-0.4, -0.2) is 111 Å². The fourth-order valence-corrected chi connectivity index (χ4v) is 7.80. The monoisotopic (exact) mass is 709 g/mol. The molecule has 6 N–H and O–H groups in total. The van der Waals surface area contributed by atoms with Crippen LogP contribution in [0.1, 0.15) is 43.4 Å². The third-order valence-corrected chi connectivity index (χ3v) is 10.8. The summed E-state index contributed by atoms with van der Waals surface area (Å²) in [4.78, 5) is 38.0. The number of hydrazine groups is 1. The van der Waals surface area contributed by atoms with Crippen molar-refractivity contribution in [2.24, 2.45) is 0 Å². The van der Waals surface area contributed by atoms with Crippen molar-refractivity contribution < 1.29 is 32.3 Å². The molecule has 0 spiro atoms. The van der Waals surface area contributed by atoms with Gasteiger partial charge in [0.2, 0.25) is 11.8 Å². The molecule has 0 bridgehead atoms. The van der Waals surface area contributed by atoms with Gasteiger partial charge in [0.25, 0.3) is 10.0 Å². The molecule has 1 aromatic heterocycles. The number of sulfonamides is 1. The fraction of sp³-hybridized carbons (Fsp3) is 0.633. The van der Waals surface area contributed by atoms with E-state index in [2.05, 4.69) is 41.8 Å². The van der Waals surface area contributed by atoms with Crippen LogP contribution in [0.25, 0.3) is 0 Å². The zero-order valence-electron chi connectivity index (χ0n) is 27.2. The van der Waals surface area contributed by atoms with Crippen molar-refractivity contribution >= 4 is 39.6 Å². The lowest BCUT2D eigenvalue weighted by Crippen LogP contribution is -2.36. The lowest BCUT2D eigenvalue weighted by Gasteiger charge is -2.16. The molecule has 2 saturated heterocycles. The average Bonchev–Trinajstić information content (AvgIpc) is 3.78. The molecule has 0 unspecified atom stereocenters. The van der Waals surface area contributed by atoms with Crippen molar-refractivity contribution in [3.63, 3.8) is 0 Å². The van der Waals surface area contributed by atoms with Crippen molar-refractivity contribution in [3.8, 4) is 0 Å². The van der Waals surface area contributed by atoms with Crippen molar-refractivity contribution in [3.05, 3.63) is 41.7 Å². The zero-order valence-corrected chi connectivity index (χ0v) is 28.9. The standard InChI is InChI=1S/C30H47N9O7S2/c1-31-38-48(43,44)24-10-7-22(8-11-24)6-9-23-20-39(37-36-23)15-13-32-28(41)12-16-45-18-19-46-17-14-33-27(40)5-3-2-4-26-29-25(21-47-26)34-30(42)35-29/h7-8,10-11,20,25-26,29,31,38H,2-6,9,12-19,21H2,1H3,(H,32,41)(H,33,40)(H2,34,35,42)/t25-,26-,29-/m0/s1. The minimum absolute atomic E-state index is 0.0105. The number of aromatic nitrogens is 3. The Balaban J connectivity index is 0.930. The molecule has 2 fully saturated rings. The van der Waals surface area contributed by atoms with Gasteiger partial charge in [-0.1, -0.05) is 23.8 Å². The lowest BCUT2D eigenvalue weighted by molar-refractivity contribution is -0.122. The van der Waals surface area contributed by atoms with Gasteiger partial charge in [0.1, 0.15) is 0 Å². The summed E-state index contributed by atoms with van der Waals surface area (Å²) in [7, 11) is -2.08. The Kier molecular flexibility index (Phi) is 15.4. The summed E-state index contributed by atoms with van der Waals surface area (Å²) < 4.78 is 36.7. The summed E-state index contributed by atoms with van der Waals surface area (Å²) in [6.45, 7) is 2.73. The van der Waals surface area contributed by atoms with Crippen molar-refractivity contribution in [1.29, 1.82) is 0 Å². The van der Waals surface area contributed by atoms with Gasteiger partial charge in [0.05, 0.1) is 55.6 Å². The summed E-state index contributed by atoms with van der Waals surface area (Å²) >= 11 is 1.89. The summed E-state index contributed by atoms with van der Waals surface area (Å²) in [5.74, 6) is 0.832. The van der Waals surface area contributed by atoms with E-state index in [1.54, 1.807) is 28.9 Å². The molecule has 4 rings (SSSR count). The van der Waals surface area contributed by atoms with Crippen LogP contribution in [0.4, 0.5) is 4.79 Å². The number of amides is 4. The van der Waals surface area contributed by atoms with Crippen LogP contribution >= 0.6 is 11.8 Å². The number of unbranched alkanes of at least 4 members (excludes halogenated alkanes) is 1. The second-order valence-electron chi connectivity index (χ2n) is 11.5.